The van der Waals surface area contributed by atoms with Crippen molar-refractivity contribution in [2.45, 2.75) is 19.8 Å². The molecule has 3 heteroatoms. The van der Waals surface area contributed by atoms with Crippen molar-refractivity contribution in [2.24, 2.45) is 0 Å². The van der Waals surface area contributed by atoms with Crippen molar-refractivity contribution in [3.8, 4) is 11.5 Å². The zero-order valence-electron chi connectivity index (χ0n) is 6.84. The van der Waals surface area contributed by atoms with Crippen molar-refractivity contribution in [3.05, 3.63) is 22.2 Å². The van der Waals surface area contributed by atoms with Gasteiger partial charge in [0.25, 0.3) is 0 Å². The highest BCUT2D eigenvalue weighted by atomic mass is 79.9. The van der Waals surface area contributed by atoms with Gasteiger partial charge in [0.15, 0.2) is 0 Å². The molecule has 66 valence electrons. The van der Waals surface area contributed by atoms with E-state index in [0.717, 1.165) is 18.4 Å². The van der Waals surface area contributed by atoms with E-state index in [1.807, 2.05) is 6.92 Å². The van der Waals surface area contributed by atoms with Crippen molar-refractivity contribution < 1.29 is 10.2 Å². The molecule has 1 rings (SSSR count). The van der Waals surface area contributed by atoms with Gasteiger partial charge in [-0.2, -0.15) is 0 Å². The van der Waals surface area contributed by atoms with Crippen molar-refractivity contribution in [2.75, 3.05) is 0 Å². The lowest BCUT2D eigenvalue weighted by Gasteiger charge is -2.05. The fraction of sp³-hybridized carbons (Fsp3) is 0.333. The summed E-state index contributed by atoms with van der Waals surface area (Å²) in [5, 5.41) is 18.5. The van der Waals surface area contributed by atoms with Crippen LogP contribution in [0.3, 0.4) is 0 Å². The summed E-state index contributed by atoms with van der Waals surface area (Å²) >= 11 is 3.25. The Labute approximate surface area is 80.0 Å². The van der Waals surface area contributed by atoms with Gasteiger partial charge in [-0.3, -0.25) is 0 Å². The quantitative estimate of drug-likeness (QED) is 0.821. The molecule has 0 saturated carbocycles. The molecule has 0 amide bonds. The lowest BCUT2D eigenvalue weighted by Crippen LogP contribution is -1.85. The molecule has 0 fully saturated rings. The summed E-state index contributed by atoms with van der Waals surface area (Å²) in [4.78, 5) is 0. The third-order valence-corrected chi connectivity index (χ3v) is 2.55. The van der Waals surface area contributed by atoms with E-state index in [4.69, 9.17) is 5.11 Å². The first kappa shape index (κ1) is 9.39. The van der Waals surface area contributed by atoms with E-state index >= 15 is 0 Å². The molecular formula is C9H11BrO2. The molecule has 0 aliphatic heterocycles. The highest BCUT2D eigenvalue weighted by molar-refractivity contribution is 9.10. The predicted molar refractivity (Wildman–Crippen MR) is 51.5 cm³/mol. The number of benzene rings is 1. The molecule has 0 spiro atoms. The second-order valence-corrected chi connectivity index (χ2v) is 3.48. The molecule has 2 nitrogen and oxygen atoms in total. The Hall–Kier alpha value is -0.700. The first-order chi connectivity index (χ1) is 5.65. The summed E-state index contributed by atoms with van der Waals surface area (Å²) in [6, 6.07) is 2.98. The monoisotopic (exact) mass is 230 g/mol. The second-order valence-electron chi connectivity index (χ2n) is 2.69. The summed E-state index contributed by atoms with van der Waals surface area (Å²) in [6.07, 6.45) is 1.84. The molecule has 0 saturated heterocycles. The summed E-state index contributed by atoms with van der Waals surface area (Å²) in [5.74, 6) is 0.206. The van der Waals surface area contributed by atoms with Gasteiger partial charge < -0.3 is 10.2 Å². The third kappa shape index (κ3) is 1.91. The van der Waals surface area contributed by atoms with Gasteiger partial charge in [0.1, 0.15) is 11.5 Å². The Morgan fingerprint density at radius 1 is 1.33 bits per heavy atom. The first-order valence-electron chi connectivity index (χ1n) is 3.85. The minimum Gasteiger partial charge on any atom is -0.508 e. The highest BCUT2D eigenvalue weighted by Gasteiger charge is 2.05. The molecule has 0 aromatic heterocycles. The number of hydrogen-bond acceptors (Lipinski definition) is 2. The Balaban J connectivity index is 3.09. The Morgan fingerprint density at radius 3 is 2.58 bits per heavy atom. The lowest BCUT2D eigenvalue weighted by atomic mass is 10.1. The van der Waals surface area contributed by atoms with Crippen LogP contribution in [0.15, 0.2) is 16.6 Å². The second kappa shape index (κ2) is 3.81. The van der Waals surface area contributed by atoms with E-state index in [9.17, 15) is 5.11 Å². The summed E-state index contributed by atoms with van der Waals surface area (Å²) in [7, 11) is 0. The van der Waals surface area contributed by atoms with Crippen LogP contribution in [0, 0.1) is 0 Å². The van der Waals surface area contributed by atoms with E-state index in [0.29, 0.717) is 4.47 Å². The van der Waals surface area contributed by atoms with Crippen molar-refractivity contribution in [1.82, 2.24) is 0 Å². The largest absolute Gasteiger partial charge is 0.508 e. The van der Waals surface area contributed by atoms with E-state index in [-0.39, 0.29) is 11.5 Å². The van der Waals surface area contributed by atoms with Gasteiger partial charge in [-0.15, -0.1) is 0 Å². The number of hydrogen-bond donors (Lipinski definition) is 2. The minimum atomic E-state index is 0.0958. The van der Waals surface area contributed by atoms with Crippen LogP contribution in [0.2, 0.25) is 0 Å². The summed E-state index contributed by atoms with van der Waals surface area (Å²) < 4.78 is 0.683. The molecule has 0 radical (unpaired) electrons. The molecule has 0 bridgehead atoms. The SMILES string of the molecule is CCCc1cc(O)cc(O)c1Br. The molecule has 1 aromatic rings. The van der Waals surface area contributed by atoms with Crippen LogP contribution in [0.5, 0.6) is 11.5 Å². The molecule has 0 heterocycles. The summed E-state index contributed by atoms with van der Waals surface area (Å²) in [6.45, 7) is 2.05. The standard InChI is InChI=1S/C9H11BrO2/c1-2-3-6-4-7(11)5-8(12)9(6)10/h4-5,11-12H,2-3H2,1H3. The molecule has 1 aromatic carbocycles. The van der Waals surface area contributed by atoms with Gasteiger partial charge in [-0.1, -0.05) is 13.3 Å². The fourth-order valence-electron chi connectivity index (χ4n) is 1.10. The number of aromatic hydroxyl groups is 2. The Morgan fingerprint density at radius 2 is 2.00 bits per heavy atom. The number of aryl methyl sites for hydroxylation is 1. The first-order valence-corrected chi connectivity index (χ1v) is 4.64. The fourth-order valence-corrected chi connectivity index (χ4v) is 1.53. The average Bonchev–Trinajstić information content (AvgIpc) is 2.00. The third-order valence-electron chi connectivity index (χ3n) is 1.63. The van der Waals surface area contributed by atoms with Gasteiger partial charge in [0.2, 0.25) is 0 Å². The van der Waals surface area contributed by atoms with Gasteiger partial charge in [0, 0.05) is 6.07 Å². The molecule has 0 aliphatic carbocycles. The molecule has 0 unspecified atom stereocenters. The van der Waals surface area contributed by atoms with Crippen LogP contribution in [0.1, 0.15) is 18.9 Å². The Bertz CT molecular complexity index is 284. The van der Waals surface area contributed by atoms with Crippen molar-refractivity contribution >= 4 is 15.9 Å². The van der Waals surface area contributed by atoms with E-state index in [2.05, 4.69) is 15.9 Å². The van der Waals surface area contributed by atoms with Gasteiger partial charge >= 0.3 is 0 Å². The molecule has 0 atom stereocenters. The maximum Gasteiger partial charge on any atom is 0.133 e. The maximum atomic E-state index is 9.30. The zero-order chi connectivity index (χ0) is 9.14. The minimum absolute atomic E-state index is 0.0958. The molecular weight excluding hydrogens is 220 g/mol. The van der Waals surface area contributed by atoms with Gasteiger partial charge in [-0.05, 0) is 34.0 Å². The van der Waals surface area contributed by atoms with Crippen LogP contribution in [0.25, 0.3) is 0 Å². The van der Waals surface area contributed by atoms with E-state index in [1.54, 1.807) is 6.07 Å². The average molecular weight is 231 g/mol. The molecule has 2 N–H and O–H groups in total. The van der Waals surface area contributed by atoms with Crippen molar-refractivity contribution in [1.29, 1.82) is 0 Å². The number of phenols is 2. The lowest BCUT2D eigenvalue weighted by molar-refractivity contribution is 0.447. The van der Waals surface area contributed by atoms with Crippen LogP contribution in [0.4, 0.5) is 0 Å². The topological polar surface area (TPSA) is 40.5 Å². The van der Waals surface area contributed by atoms with Crippen LogP contribution < -0.4 is 0 Å². The van der Waals surface area contributed by atoms with Crippen LogP contribution in [-0.2, 0) is 6.42 Å². The predicted octanol–water partition coefficient (Wildman–Crippen LogP) is 2.81. The van der Waals surface area contributed by atoms with E-state index in [1.165, 1.54) is 6.07 Å². The molecule has 12 heavy (non-hydrogen) atoms. The number of halogens is 1. The van der Waals surface area contributed by atoms with E-state index < -0.39 is 0 Å². The maximum absolute atomic E-state index is 9.30. The smallest absolute Gasteiger partial charge is 0.133 e. The highest BCUT2D eigenvalue weighted by Crippen LogP contribution is 2.32. The van der Waals surface area contributed by atoms with Crippen LogP contribution in [-0.4, -0.2) is 10.2 Å². The van der Waals surface area contributed by atoms with Crippen LogP contribution >= 0.6 is 15.9 Å². The normalized spacial score (nSPS) is 10.2. The Kier molecular flexibility index (Phi) is 2.98. The van der Waals surface area contributed by atoms with Crippen molar-refractivity contribution in [3.63, 3.8) is 0 Å². The van der Waals surface area contributed by atoms with Gasteiger partial charge in [-0.25, -0.2) is 0 Å². The summed E-state index contributed by atoms with van der Waals surface area (Å²) in [5.41, 5.74) is 0.940. The number of phenolic OH excluding ortho intramolecular Hbond substituents is 2. The number of rotatable bonds is 2. The molecule has 0 aliphatic rings. The zero-order valence-corrected chi connectivity index (χ0v) is 8.43. The van der Waals surface area contributed by atoms with Gasteiger partial charge in [0.05, 0.1) is 4.47 Å².